The van der Waals surface area contributed by atoms with Crippen molar-refractivity contribution in [3.63, 3.8) is 0 Å². The highest BCUT2D eigenvalue weighted by Gasteiger charge is 2.22. The molecule has 0 radical (unpaired) electrons. The Morgan fingerprint density at radius 3 is 2.61 bits per heavy atom. The van der Waals surface area contributed by atoms with E-state index in [1.165, 1.54) is 10.9 Å². The van der Waals surface area contributed by atoms with Crippen LogP contribution in [-0.2, 0) is 0 Å². The summed E-state index contributed by atoms with van der Waals surface area (Å²) in [6, 6.07) is 10.7. The quantitative estimate of drug-likeness (QED) is 0.791. The van der Waals surface area contributed by atoms with E-state index in [0.29, 0.717) is 17.1 Å². The van der Waals surface area contributed by atoms with E-state index in [0.717, 1.165) is 31.2 Å². The van der Waals surface area contributed by atoms with Crippen LogP contribution >= 0.6 is 11.6 Å². The lowest BCUT2D eigenvalue weighted by Crippen LogP contribution is -2.25. The molecule has 1 aliphatic rings. The molecular weight excluding hydrogens is 244 g/mol. The van der Waals surface area contributed by atoms with Gasteiger partial charge in [0.25, 0.3) is 0 Å². The van der Waals surface area contributed by atoms with Crippen molar-refractivity contribution in [2.45, 2.75) is 37.6 Å². The Morgan fingerprint density at radius 2 is 1.83 bits per heavy atom. The maximum Gasteiger partial charge on any atom is 0.133 e. The van der Waals surface area contributed by atoms with E-state index >= 15 is 0 Å². The van der Waals surface area contributed by atoms with Gasteiger partial charge >= 0.3 is 0 Å². The lowest BCUT2D eigenvalue weighted by Gasteiger charge is -2.26. The maximum absolute atomic E-state index is 6.33. The number of benzene rings is 1. The molecule has 0 atom stereocenters. The Kier molecular flexibility index (Phi) is 3.23. The largest absolute Gasteiger partial charge is 0.328 e. The zero-order valence-electron chi connectivity index (χ0n) is 10.3. The Bertz CT molecular complexity index is 559. The van der Waals surface area contributed by atoms with Crippen molar-refractivity contribution in [3.8, 4) is 0 Å². The molecule has 1 saturated carbocycles. The smallest absolute Gasteiger partial charge is 0.133 e. The summed E-state index contributed by atoms with van der Waals surface area (Å²) >= 11 is 6.33. The first kappa shape index (κ1) is 11.9. The number of halogens is 1. The normalized spacial score (nSPS) is 24.3. The van der Waals surface area contributed by atoms with Gasteiger partial charge in [-0.2, -0.15) is 0 Å². The number of hydrogen-bond donors (Lipinski definition) is 1. The average Bonchev–Trinajstić information content (AvgIpc) is 2.39. The van der Waals surface area contributed by atoms with Crippen molar-refractivity contribution in [3.05, 3.63) is 41.0 Å². The van der Waals surface area contributed by atoms with Gasteiger partial charge in [-0.05, 0) is 49.3 Å². The molecule has 2 N–H and O–H groups in total. The van der Waals surface area contributed by atoms with Crippen LogP contribution in [0.15, 0.2) is 30.3 Å². The van der Waals surface area contributed by atoms with Crippen molar-refractivity contribution in [2.24, 2.45) is 5.73 Å². The third-order valence-corrected chi connectivity index (χ3v) is 4.22. The van der Waals surface area contributed by atoms with Gasteiger partial charge in [0, 0.05) is 11.4 Å². The predicted octanol–water partition coefficient (Wildman–Crippen LogP) is 3.87. The fourth-order valence-electron chi connectivity index (χ4n) is 2.83. The van der Waals surface area contributed by atoms with E-state index in [2.05, 4.69) is 17.1 Å². The van der Waals surface area contributed by atoms with Gasteiger partial charge in [0.05, 0.1) is 5.52 Å². The molecule has 2 nitrogen and oxygen atoms in total. The van der Waals surface area contributed by atoms with Gasteiger partial charge in [-0.1, -0.05) is 29.8 Å². The molecule has 18 heavy (non-hydrogen) atoms. The number of nitrogens with two attached hydrogens (primary N) is 1. The van der Waals surface area contributed by atoms with Crippen molar-refractivity contribution in [1.29, 1.82) is 0 Å². The molecule has 0 saturated heterocycles. The van der Waals surface area contributed by atoms with Crippen LogP contribution in [0.4, 0.5) is 0 Å². The van der Waals surface area contributed by atoms with E-state index in [9.17, 15) is 0 Å². The molecular formula is C15H17ClN2. The topological polar surface area (TPSA) is 38.9 Å². The Morgan fingerprint density at radius 1 is 1.11 bits per heavy atom. The minimum atomic E-state index is 0.369. The van der Waals surface area contributed by atoms with Gasteiger partial charge in [0.1, 0.15) is 5.15 Å². The van der Waals surface area contributed by atoms with Crippen LogP contribution in [0.2, 0.25) is 5.15 Å². The standard InChI is InChI=1S/C15H17ClN2/c16-15-13(10-5-7-12(17)8-6-10)9-11-3-1-2-4-14(11)18-15/h1-4,9-10,12H,5-8,17H2. The van der Waals surface area contributed by atoms with Crippen LogP contribution in [-0.4, -0.2) is 11.0 Å². The van der Waals surface area contributed by atoms with Crippen molar-refractivity contribution < 1.29 is 0 Å². The van der Waals surface area contributed by atoms with Gasteiger partial charge in [0.15, 0.2) is 0 Å². The third-order valence-electron chi connectivity index (χ3n) is 3.92. The first-order valence-electron chi connectivity index (χ1n) is 6.55. The van der Waals surface area contributed by atoms with E-state index < -0.39 is 0 Å². The first-order chi connectivity index (χ1) is 8.74. The molecule has 0 aliphatic heterocycles. The van der Waals surface area contributed by atoms with E-state index in [4.69, 9.17) is 17.3 Å². The summed E-state index contributed by atoms with van der Waals surface area (Å²) in [5.74, 6) is 0.523. The second-order valence-electron chi connectivity index (χ2n) is 5.17. The lowest BCUT2D eigenvalue weighted by molar-refractivity contribution is 0.395. The summed E-state index contributed by atoms with van der Waals surface area (Å²) in [4.78, 5) is 4.50. The van der Waals surface area contributed by atoms with Crippen molar-refractivity contribution >= 4 is 22.5 Å². The number of aromatic nitrogens is 1. The van der Waals surface area contributed by atoms with Crippen molar-refractivity contribution in [2.75, 3.05) is 0 Å². The van der Waals surface area contributed by atoms with E-state index in [-0.39, 0.29) is 0 Å². The monoisotopic (exact) mass is 260 g/mol. The average molecular weight is 261 g/mol. The highest BCUT2D eigenvalue weighted by Crippen LogP contribution is 2.36. The molecule has 1 fully saturated rings. The van der Waals surface area contributed by atoms with E-state index in [1.807, 2.05) is 18.2 Å². The van der Waals surface area contributed by atoms with E-state index in [1.54, 1.807) is 0 Å². The van der Waals surface area contributed by atoms with Crippen LogP contribution in [0.25, 0.3) is 10.9 Å². The predicted molar refractivity (Wildman–Crippen MR) is 75.9 cm³/mol. The van der Waals surface area contributed by atoms with Crippen LogP contribution in [0.3, 0.4) is 0 Å². The Labute approximate surface area is 112 Å². The van der Waals surface area contributed by atoms with Gasteiger partial charge in [0.2, 0.25) is 0 Å². The molecule has 0 amide bonds. The maximum atomic E-state index is 6.33. The van der Waals surface area contributed by atoms with Crippen LogP contribution < -0.4 is 5.73 Å². The number of fused-ring (bicyclic) bond motifs is 1. The fraction of sp³-hybridized carbons (Fsp3) is 0.400. The molecule has 1 heterocycles. The number of pyridine rings is 1. The first-order valence-corrected chi connectivity index (χ1v) is 6.92. The molecule has 0 bridgehead atoms. The summed E-state index contributed by atoms with van der Waals surface area (Å²) in [5.41, 5.74) is 8.12. The zero-order valence-corrected chi connectivity index (χ0v) is 11.0. The summed E-state index contributed by atoms with van der Waals surface area (Å²) in [6.07, 6.45) is 4.43. The zero-order chi connectivity index (χ0) is 12.5. The third kappa shape index (κ3) is 2.23. The molecule has 0 spiro atoms. The molecule has 1 aromatic carbocycles. The van der Waals surface area contributed by atoms with Gasteiger partial charge in [-0.3, -0.25) is 0 Å². The van der Waals surface area contributed by atoms with Gasteiger partial charge < -0.3 is 5.73 Å². The van der Waals surface area contributed by atoms with Gasteiger partial charge in [-0.15, -0.1) is 0 Å². The molecule has 0 unspecified atom stereocenters. The van der Waals surface area contributed by atoms with Crippen LogP contribution in [0.1, 0.15) is 37.2 Å². The summed E-state index contributed by atoms with van der Waals surface area (Å²) in [7, 11) is 0. The second kappa shape index (κ2) is 4.87. The van der Waals surface area contributed by atoms with Crippen molar-refractivity contribution in [1.82, 2.24) is 4.98 Å². The summed E-state index contributed by atoms with van der Waals surface area (Å²) < 4.78 is 0. The number of para-hydroxylation sites is 1. The highest BCUT2D eigenvalue weighted by molar-refractivity contribution is 6.30. The molecule has 2 aromatic rings. The molecule has 1 aliphatic carbocycles. The SMILES string of the molecule is NC1CCC(c2cc3ccccc3nc2Cl)CC1. The Hall–Kier alpha value is -1.12. The summed E-state index contributed by atoms with van der Waals surface area (Å²) in [5, 5.41) is 1.83. The second-order valence-corrected chi connectivity index (χ2v) is 5.53. The van der Waals surface area contributed by atoms with Crippen LogP contribution in [0, 0.1) is 0 Å². The Balaban J connectivity index is 1.98. The minimum Gasteiger partial charge on any atom is -0.328 e. The minimum absolute atomic E-state index is 0.369. The highest BCUT2D eigenvalue weighted by atomic mass is 35.5. The molecule has 94 valence electrons. The number of rotatable bonds is 1. The number of hydrogen-bond acceptors (Lipinski definition) is 2. The van der Waals surface area contributed by atoms with Crippen LogP contribution in [0.5, 0.6) is 0 Å². The lowest BCUT2D eigenvalue weighted by atomic mass is 9.82. The number of nitrogens with zero attached hydrogens (tertiary/aromatic N) is 1. The summed E-state index contributed by atoms with van der Waals surface area (Å²) in [6.45, 7) is 0. The molecule has 3 rings (SSSR count). The molecule has 1 aromatic heterocycles. The molecule has 3 heteroatoms. The van der Waals surface area contributed by atoms with Gasteiger partial charge in [-0.25, -0.2) is 4.98 Å². The fourth-order valence-corrected chi connectivity index (χ4v) is 3.13.